The lowest BCUT2D eigenvalue weighted by Gasteiger charge is -2.27. The molecule has 0 radical (unpaired) electrons. The highest BCUT2D eigenvalue weighted by molar-refractivity contribution is 5.93. The zero-order valence-corrected chi connectivity index (χ0v) is 15.1. The van der Waals surface area contributed by atoms with Gasteiger partial charge in [0.15, 0.2) is 0 Å². The fourth-order valence-corrected chi connectivity index (χ4v) is 3.00. The van der Waals surface area contributed by atoms with Crippen LogP contribution < -0.4 is 15.5 Å². The van der Waals surface area contributed by atoms with Gasteiger partial charge in [-0.2, -0.15) is 9.97 Å². The number of carbonyl (C=O) groups is 1. The van der Waals surface area contributed by atoms with Crippen molar-refractivity contribution in [3.8, 4) is 0 Å². The molecule has 1 saturated carbocycles. The van der Waals surface area contributed by atoms with Crippen LogP contribution in [-0.4, -0.2) is 45.7 Å². The van der Waals surface area contributed by atoms with Crippen LogP contribution in [0.4, 0.5) is 23.1 Å². The molecule has 8 heteroatoms. The summed E-state index contributed by atoms with van der Waals surface area (Å²) in [5.74, 6) is 0.973. The number of hydrogen-bond acceptors (Lipinski definition) is 6. The molecule has 4 N–H and O–H groups in total. The predicted molar refractivity (Wildman–Crippen MR) is 105 cm³/mol. The third-order valence-corrected chi connectivity index (χ3v) is 4.88. The van der Waals surface area contributed by atoms with Crippen LogP contribution in [0.25, 0.3) is 11.0 Å². The summed E-state index contributed by atoms with van der Waals surface area (Å²) in [5, 5.41) is 16.7. The van der Waals surface area contributed by atoms with E-state index in [2.05, 4.69) is 25.6 Å². The molecule has 4 rings (SSSR count). The summed E-state index contributed by atoms with van der Waals surface area (Å²) >= 11 is 0. The number of benzene rings is 1. The summed E-state index contributed by atoms with van der Waals surface area (Å²) in [6.07, 6.45) is 5.45. The number of rotatable bonds is 6. The van der Waals surface area contributed by atoms with Gasteiger partial charge < -0.3 is 25.6 Å². The van der Waals surface area contributed by atoms with Crippen molar-refractivity contribution in [2.24, 2.45) is 0 Å². The fourth-order valence-electron chi connectivity index (χ4n) is 3.00. The number of hydrogen-bond donors (Lipinski definition) is 4. The van der Waals surface area contributed by atoms with Gasteiger partial charge in [-0.05, 0) is 49.6 Å². The Kier molecular flexibility index (Phi) is 4.64. The van der Waals surface area contributed by atoms with E-state index in [1.807, 2.05) is 24.4 Å². The van der Waals surface area contributed by atoms with Gasteiger partial charge in [0.25, 0.3) is 5.91 Å². The number of nitrogens with one attached hydrogen (secondary N) is 3. The van der Waals surface area contributed by atoms with Gasteiger partial charge in [0.1, 0.15) is 18.1 Å². The molecule has 0 atom stereocenters. The van der Waals surface area contributed by atoms with Crippen molar-refractivity contribution in [1.29, 1.82) is 0 Å². The molecule has 1 aliphatic rings. The van der Waals surface area contributed by atoms with E-state index >= 15 is 0 Å². The smallest absolute Gasteiger partial charge is 0.252 e. The number of amides is 1. The molecule has 0 unspecified atom stereocenters. The molecule has 1 aromatic carbocycles. The average Bonchev–Trinajstić information content (AvgIpc) is 3.12. The van der Waals surface area contributed by atoms with E-state index in [0.717, 1.165) is 22.5 Å². The van der Waals surface area contributed by atoms with Crippen LogP contribution >= 0.6 is 0 Å². The van der Waals surface area contributed by atoms with Crippen molar-refractivity contribution >= 4 is 40.1 Å². The summed E-state index contributed by atoms with van der Waals surface area (Å²) in [6, 6.07) is 9.75. The van der Waals surface area contributed by atoms with Crippen LogP contribution in [0.5, 0.6) is 0 Å². The highest BCUT2D eigenvalue weighted by Gasteiger charge is 2.19. The number of aliphatic hydroxyl groups is 1. The summed E-state index contributed by atoms with van der Waals surface area (Å²) in [6.45, 7) is -0.517. The van der Waals surface area contributed by atoms with E-state index < -0.39 is 6.61 Å². The molecule has 8 nitrogen and oxygen atoms in total. The van der Waals surface area contributed by atoms with Crippen LogP contribution in [-0.2, 0) is 4.79 Å². The number of nitrogens with zero attached hydrogens (tertiary/aromatic N) is 3. The predicted octanol–water partition coefficient (Wildman–Crippen LogP) is 2.62. The first kappa shape index (κ1) is 17.3. The van der Waals surface area contributed by atoms with Gasteiger partial charge in [0.2, 0.25) is 5.95 Å². The summed E-state index contributed by atoms with van der Waals surface area (Å²) in [4.78, 5) is 25.3. The lowest BCUT2D eigenvalue weighted by Crippen LogP contribution is -2.28. The second-order valence-electron chi connectivity index (χ2n) is 6.69. The zero-order valence-electron chi connectivity index (χ0n) is 15.1. The molecule has 1 fully saturated rings. The standard InChI is InChI=1S/C19H22N6O2/c1-25(16(27)11-26)14-7-5-13(6-8-14)22-19-23-17-15(9-10-20-17)18(24-19)21-12-3-2-4-12/h5-10,12,26H,2-4,11H2,1H3,(H3,20,21,22,23,24). The van der Waals surface area contributed by atoms with Gasteiger partial charge in [0.05, 0.1) is 5.39 Å². The van der Waals surface area contributed by atoms with Gasteiger partial charge in [-0.25, -0.2) is 0 Å². The fraction of sp³-hybridized carbons (Fsp3) is 0.316. The highest BCUT2D eigenvalue weighted by Crippen LogP contribution is 2.28. The van der Waals surface area contributed by atoms with Crippen LogP contribution in [0.3, 0.4) is 0 Å². The highest BCUT2D eigenvalue weighted by atomic mass is 16.3. The summed E-state index contributed by atoms with van der Waals surface area (Å²) < 4.78 is 0. The number of fused-ring (bicyclic) bond motifs is 1. The van der Waals surface area contributed by atoms with Crippen LogP contribution in [0, 0.1) is 0 Å². The number of aromatic amines is 1. The van der Waals surface area contributed by atoms with Crippen molar-refractivity contribution in [1.82, 2.24) is 15.0 Å². The van der Waals surface area contributed by atoms with Crippen molar-refractivity contribution < 1.29 is 9.90 Å². The third-order valence-electron chi connectivity index (χ3n) is 4.88. The molecule has 2 aromatic heterocycles. The maximum Gasteiger partial charge on any atom is 0.252 e. The van der Waals surface area contributed by atoms with Crippen LogP contribution in [0.1, 0.15) is 19.3 Å². The Bertz CT molecular complexity index is 948. The van der Waals surface area contributed by atoms with E-state index in [1.54, 1.807) is 19.2 Å². The average molecular weight is 366 g/mol. The van der Waals surface area contributed by atoms with Crippen molar-refractivity contribution in [2.45, 2.75) is 25.3 Å². The van der Waals surface area contributed by atoms with Gasteiger partial charge in [-0.1, -0.05) is 0 Å². The van der Waals surface area contributed by atoms with Crippen molar-refractivity contribution in [3.63, 3.8) is 0 Å². The Morgan fingerprint density at radius 3 is 2.70 bits per heavy atom. The summed E-state index contributed by atoms with van der Waals surface area (Å²) in [7, 11) is 1.63. The van der Waals surface area contributed by atoms with E-state index in [9.17, 15) is 4.79 Å². The molecular weight excluding hydrogens is 344 g/mol. The second kappa shape index (κ2) is 7.24. The topological polar surface area (TPSA) is 106 Å². The first-order valence-electron chi connectivity index (χ1n) is 9.00. The maximum atomic E-state index is 11.6. The lowest BCUT2D eigenvalue weighted by atomic mass is 9.93. The number of likely N-dealkylation sites (N-methyl/N-ethyl adjacent to an activating group) is 1. The first-order valence-corrected chi connectivity index (χ1v) is 9.00. The maximum absolute atomic E-state index is 11.6. The minimum Gasteiger partial charge on any atom is -0.387 e. The zero-order chi connectivity index (χ0) is 18.8. The Hall–Kier alpha value is -3.13. The van der Waals surface area contributed by atoms with Gasteiger partial charge >= 0.3 is 0 Å². The molecule has 0 saturated heterocycles. The number of anilines is 4. The van der Waals surface area contributed by atoms with Crippen molar-refractivity contribution in [3.05, 3.63) is 36.5 Å². The summed E-state index contributed by atoms with van der Waals surface area (Å²) in [5.41, 5.74) is 2.29. The van der Waals surface area contributed by atoms with E-state index in [-0.39, 0.29) is 5.91 Å². The molecule has 27 heavy (non-hydrogen) atoms. The van der Waals surface area contributed by atoms with E-state index in [0.29, 0.717) is 17.7 Å². The molecule has 0 aliphatic heterocycles. The first-order chi connectivity index (χ1) is 13.1. The molecule has 140 valence electrons. The Morgan fingerprint density at radius 1 is 1.26 bits per heavy atom. The number of H-pyrrole nitrogens is 1. The minimum atomic E-state index is -0.517. The molecular formula is C19H22N6O2. The van der Waals surface area contributed by atoms with Crippen LogP contribution in [0.15, 0.2) is 36.5 Å². The molecule has 1 aliphatic carbocycles. The van der Waals surface area contributed by atoms with E-state index in [4.69, 9.17) is 5.11 Å². The minimum absolute atomic E-state index is 0.358. The van der Waals surface area contributed by atoms with Gasteiger partial charge in [-0.15, -0.1) is 0 Å². The number of aromatic nitrogens is 3. The molecule has 1 amide bonds. The second-order valence-corrected chi connectivity index (χ2v) is 6.69. The Morgan fingerprint density at radius 2 is 2.04 bits per heavy atom. The molecule has 0 spiro atoms. The molecule has 3 aromatic rings. The third kappa shape index (κ3) is 3.56. The Labute approximate surface area is 156 Å². The molecule has 2 heterocycles. The lowest BCUT2D eigenvalue weighted by molar-refractivity contribution is -0.120. The largest absolute Gasteiger partial charge is 0.387 e. The monoisotopic (exact) mass is 366 g/mol. The number of aliphatic hydroxyl groups excluding tert-OH is 1. The van der Waals surface area contributed by atoms with Crippen molar-refractivity contribution in [2.75, 3.05) is 29.2 Å². The Balaban J connectivity index is 1.55. The SMILES string of the molecule is CN(C(=O)CO)c1ccc(Nc2nc(NC3CCC3)c3cc[nH]c3n2)cc1. The molecule has 0 bridgehead atoms. The number of carbonyl (C=O) groups excluding carboxylic acids is 1. The van der Waals surface area contributed by atoms with Crippen LogP contribution in [0.2, 0.25) is 0 Å². The normalized spacial score (nSPS) is 14.0. The van der Waals surface area contributed by atoms with Gasteiger partial charge in [0, 0.05) is 30.7 Å². The van der Waals surface area contributed by atoms with E-state index in [1.165, 1.54) is 24.2 Å². The van der Waals surface area contributed by atoms with Gasteiger partial charge in [-0.3, -0.25) is 4.79 Å². The quantitative estimate of drug-likeness (QED) is 0.534.